The molecule has 4 heteroatoms. The summed E-state index contributed by atoms with van der Waals surface area (Å²) in [7, 11) is 0. The summed E-state index contributed by atoms with van der Waals surface area (Å²) in [5.74, 6) is 0.691. The van der Waals surface area contributed by atoms with Crippen LogP contribution in [0.2, 0.25) is 0 Å². The van der Waals surface area contributed by atoms with Gasteiger partial charge in [-0.2, -0.15) is 0 Å². The smallest absolute Gasteiger partial charge is 0.160 e. The van der Waals surface area contributed by atoms with Crippen LogP contribution in [-0.2, 0) is 6.42 Å². The monoisotopic (exact) mass is 678 g/mol. The molecule has 0 unspecified atom stereocenters. The summed E-state index contributed by atoms with van der Waals surface area (Å²) in [6.07, 6.45) is 8.54. The van der Waals surface area contributed by atoms with Gasteiger partial charge in [-0.3, -0.25) is 4.98 Å². The van der Waals surface area contributed by atoms with Crippen molar-refractivity contribution in [1.82, 2.24) is 19.5 Å². The molecule has 0 saturated heterocycles. The van der Waals surface area contributed by atoms with Crippen LogP contribution in [0.3, 0.4) is 0 Å². The number of aromatic nitrogens is 4. The van der Waals surface area contributed by atoms with Crippen LogP contribution < -0.4 is 0 Å². The Morgan fingerprint density at radius 1 is 0.509 bits per heavy atom. The Hall–Kier alpha value is -6.91. The van der Waals surface area contributed by atoms with E-state index in [-0.39, 0.29) is 0 Å². The van der Waals surface area contributed by atoms with E-state index < -0.39 is 0 Å². The van der Waals surface area contributed by atoms with E-state index in [4.69, 9.17) is 15.0 Å². The van der Waals surface area contributed by atoms with Crippen molar-refractivity contribution in [2.75, 3.05) is 0 Å². The van der Waals surface area contributed by atoms with Crippen LogP contribution in [0.5, 0.6) is 0 Å². The minimum Gasteiger partial charge on any atom is -0.310 e. The van der Waals surface area contributed by atoms with Gasteiger partial charge in [0.25, 0.3) is 0 Å². The van der Waals surface area contributed by atoms with Gasteiger partial charge in [-0.15, -0.1) is 0 Å². The summed E-state index contributed by atoms with van der Waals surface area (Å²) >= 11 is 0. The van der Waals surface area contributed by atoms with Gasteiger partial charge in [0.15, 0.2) is 5.82 Å². The molecule has 3 heterocycles. The number of benzene rings is 6. The van der Waals surface area contributed by atoms with Crippen molar-refractivity contribution in [2.45, 2.75) is 12.8 Å². The molecule has 250 valence electrons. The van der Waals surface area contributed by atoms with E-state index in [1.54, 1.807) is 0 Å². The molecule has 4 nitrogen and oxygen atoms in total. The van der Waals surface area contributed by atoms with E-state index in [1.165, 1.54) is 33.3 Å². The SMILES string of the molecule is C1=Cc2c(c3ccccc3n2-c2cc(-c3cc(-c4ccc(-c5ccccc5)cc4)nc(-c4ccccc4)n3)cc(-c3cccc4cccnc34)c2)CC1. The standard InChI is InChI=1S/C49H34N4/c1-3-13-33(14-4-1)34-24-26-35(27-25-34)44-32-45(52-49(51-44)37-15-5-2-6-16-37)39-29-38(41-21-11-17-36-18-12-28-50-48(36)41)30-40(31-39)53-46-22-9-7-19-42(46)43-20-8-10-23-47(43)53/h1-7,9-19,21-32H,8,20H2. The van der Waals surface area contributed by atoms with Crippen LogP contribution in [-0.4, -0.2) is 19.5 Å². The lowest BCUT2D eigenvalue weighted by molar-refractivity contribution is 0.968. The molecule has 0 saturated carbocycles. The fraction of sp³-hybridized carbons (Fsp3) is 0.0408. The van der Waals surface area contributed by atoms with Crippen LogP contribution in [0.25, 0.3) is 89.7 Å². The van der Waals surface area contributed by atoms with E-state index in [1.807, 2.05) is 36.5 Å². The summed E-state index contributed by atoms with van der Waals surface area (Å²) in [6, 6.07) is 57.8. The van der Waals surface area contributed by atoms with Crippen molar-refractivity contribution in [3.8, 4) is 61.8 Å². The Kier molecular flexibility index (Phi) is 7.58. The highest BCUT2D eigenvalue weighted by atomic mass is 15.0. The zero-order chi connectivity index (χ0) is 35.1. The minimum atomic E-state index is 0.691. The number of nitrogens with zero attached hydrogens (tertiary/aromatic N) is 4. The highest BCUT2D eigenvalue weighted by Gasteiger charge is 2.21. The van der Waals surface area contributed by atoms with Crippen LogP contribution in [0.1, 0.15) is 17.7 Å². The first-order valence-corrected chi connectivity index (χ1v) is 18.2. The molecule has 9 aromatic rings. The molecule has 1 aliphatic carbocycles. The predicted molar refractivity (Wildman–Crippen MR) is 219 cm³/mol. The molecule has 0 atom stereocenters. The second-order valence-corrected chi connectivity index (χ2v) is 13.6. The van der Waals surface area contributed by atoms with Crippen LogP contribution in [0.4, 0.5) is 0 Å². The van der Waals surface area contributed by atoms with Crippen molar-refractivity contribution >= 4 is 27.9 Å². The van der Waals surface area contributed by atoms with Crippen LogP contribution in [0, 0.1) is 0 Å². The van der Waals surface area contributed by atoms with Crippen LogP contribution in [0.15, 0.2) is 176 Å². The van der Waals surface area contributed by atoms with E-state index in [0.29, 0.717) is 5.82 Å². The maximum absolute atomic E-state index is 5.28. The highest BCUT2D eigenvalue weighted by molar-refractivity contribution is 5.96. The molecule has 0 fully saturated rings. The Morgan fingerprint density at radius 2 is 1.19 bits per heavy atom. The third kappa shape index (κ3) is 5.62. The molecule has 0 amide bonds. The zero-order valence-corrected chi connectivity index (χ0v) is 29.0. The number of para-hydroxylation sites is 2. The Balaban J connectivity index is 1.22. The largest absolute Gasteiger partial charge is 0.310 e. The molecule has 0 spiro atoms. The lowest BCUT2D eigenvalue weighted by Crippen LogP contribution is -2.02. The molecular formula is C49H34N4. The number of rotatable bonds is 6. The van der Waals surface area contributed by atoms with E-state index in [2.05, 4.69) is 150 Å². The van der Waals surface area contributed by atoms with Crippen molar-refractivity contribution in [3.63, 3.8) is 0 Å². The van der Waals surface area contributed by atoms with Crippen LogP contribution >= 0.6 is 0 Å². The van der Waals surface area contributed by atoms with Gasteiger partial charge in [0.2, 0.25) is 0 Å². The Morgan fingerprint density at radius 3 is 2.02 bits per heavy atom. The second-order valence-electron chi connectivity index (χ2n) is 13.6. The summed E-state index contributed by atoms with van der Waals surface area (Å²) in [5.41, 5.74) is 15.2. The zero-order valence-electron chi connectivity index (χ0n) is 29.0. The first-order valence-electron chi connectivity index (χ1n) is 18.2. The normalized spacial score (nSPS) is 12.3. The summed E-state index contributed by atoms with van der Waals surface area (Å²) in [6.45, 7) is 0. The summed E-state index contributed by atoms with van der Waals surface area (Å²) < 4.78 is 2.43. The van der Waals surface area contributed by atoms with Gasteiger partial charge >= 0.3 is 0 Å². The van der Waals surface area contributed by atoms with Crippen molar-refractivity contribution in [1.29, 1.82) is 0 Å². The van der Waals surface area contributed by atoms with Gasteiger partial charge in [0.1, 0.15) is 0 Å². The number of allylic oxidation sites excluding steroid dienone is 1. The average molecular weight is 679 g/mol. The lowest BCUT2D eigenvalue weighted by atomic mass is 9.97. The first-order chi connectivity index (χ1) is 26.3. The minimum absolute atomic E-state index is 0.691. The lowest BCUT2D eigenvalue weighted by Gasteiger charge is -2.17. The topological polar surface area (TPSA) is 43.6 Å². The van der Waals surface area contributed by atoms with E-state index in [9.17, 15) is 0 Å². The third-order valence-corrected chi connectivity index (χ3v) is 10.3. The third-order valence-electron chi connectivity index (χ3n) is 10.3. The summed E-state index contributed by atoms with van der Waals surface area (Å²) in [5, 5.41) is 2.42. The average Bonchev–Trinajstić information content (AvgIpc) is 3.58. The number of fused-ring (bicyclic) bond motifs is 4. The molecule has 1 aliphatic rings. The van der Waals surface area contributed by atoms with Crippen molar-refractivity contribution < 1.29 is 0 Å². The van der Waals surface area contributed by atoms with Gasteiger partial charge in [-0.1, -0.05) is 133 Å². The number of pyridine rings is 1. The summed E-state index contributed by atoms with van der Waals surface area (Å²) in [4.78, 5) is 15.3. The molecule has 10 rings (SSSR count). The fourth-order valence-electron chi connectivity index (χ4n) is 7.77. The molecule has 0 bridgehead atoms. The number of hydrogen-bond acceptors (Lipinski definition) is 3. The van der Waals surface area contributed by atoms with E-state index >= 15 is 0 Å². The molecule has 0 N–H and O–H groups in total. The molecule has 6 aromatic carbocycles. The van der Waals surface area contributed by atoms with Gasteiger partial charge < -0.3 is 4.57 Å². The van der Waals surface area contributed by atoms with Crippen molar-refractivity contribution in [2.24, 2.45) is 0 Å². The number of aryl methyl sites for hydroxylation is 1. The fourth-order valence-corrected chi connectivity index (χ4v) is 7.77. The van der Waals surface area contributed by atoms with E-state index in [0.717, 1.165) is 68.6 Å². The molecule has 3 aromatic heterocycles. The molecule has 0 radical (unpaired) electrons. The second kappa shape index (κ2) is 13.0. The van der Waals surface area contributed by atoms with Gasteiger partial charge in [-0.05, 0) is 77.6 Å². The maximum Gasteiger partial charge on any atom is 0.160 e. The van der Waals surface area contributed by atoms with Gasteiger partial charge in [-0.25, -0.2) is 9.97 Å². The maximum atomic E-state index is 5.28. The highest BCUT2D eigenvalue weighted by Crippen LogP contribution is 2.39. The first kappa shape index (κ1) is 30.9. The molecular weight excluding hydrogens is 645 g/mol. The van der Waals surface area contributed by atoms with Crippen molar-refractivity contribution in [3.05, 3.63) is 187 Å². The molecule has 0 aliphatic heterocycles. The Bertz CT molecular complexity index is 2810. The number of hydrogen-bond donors (Lipinski definition) is 0. The quantitative estimate of drug-likeness (QED) is 0.176. The van der Waals surface area contributed by atoms with Gasteiger partial charge in [0, 0.05) is 50.6 Å². The predicted octanol–water partition coefficient (Wildman–Crippen LogP) is 12.3. The Labute approximate surface area is 308 Å². The molecule has 53 heavy (non-hydrogen) atoms. The van der Waals surface area contributed by atoms with Gasteiger partial charge in [0.05, 0.1) is 22.4 Å².